The van der Waals surface area contributed by atoms with Gasteiger partial charge in [-0.1, -0.05) is 55.0 Å². The summed E-state index contributed by atoms with van der Waals surface area (Å²) in [4.78, 5) is 46.1. The van der Waals surface area contributed by atoms with Crippen LogP contribution in [0.5, 0.6) is 0 Å². The average molecular weight is 486 g/mol. The van der Waals surface area contributed by atoms with Crippen LogP contribution in [0.3, 0.4) is 0 Å². The molecule has 1 N–H and O–H groups in total. The van der Waals surface area contributed by atoms with E-state index in [0.29, 0.717) is 23.7 Å². The highest BCUT2D eigenvalue weighted by Gasteiger charge is 2.72. The Kier molecular flexibility index (Phi) is 5.78. The Labute approximate surface area is 203 Å². The van der Waals surface area contributed by atoms with Gasteiger partial charge < -0.3 is 24.5 Å². The van der Waals surface area contributed by atoms with E-state index in [4.69, 9.17) is 16.3 Å². The van der Waals surface area contributed by atoms with E-state index in [2.05, 4.69) is 0 Å². The zero-order valence-electron chi connectivity index (χ0n) is 19.1. The number of carbonyl (C=O) groups is 3. The van der Waals surface area contributed by atoms with Gasteiger partial charge in [-0.2, -0.15) is 0 Å². The van der Waals surface area contributed by atoms with Crippen LogP contribution in [-0.4, -0.2) is 83.2 Å². The van der Waals surface area contributed by atoms with E-state index in [9.17, 15) is 19.5 Å². The molecule has 180 valence electrons. The molecule has 0 saturated carbocycles. The van der Waals surface area contributed by atoms with Crippen LogP contribution in [0.15, 0.2) is 48.6 Å². The van der Waals surface area contributed by atoms with Crippen molar-refractivity contribution in [3.63, 3.8) is 0 Å². The van der Waals surface area contributed by atoms with E-state index in [1.807, 2.05) is 25.2 Å². The second kappa shape index (κ2) is 8.52. The van der Waals surface area contributed by atoms with Gasteiger partial charge in [0, 0.05) is 20.1 Å². The molecular weight excluding hydrogens is 458 g/mol. The molecule has 34 heavy (non-hydrogen) atoms. The number of benzene rings is 1. The molecule has 0 radical (unpaired) electrons. The number of likely N-dealkylation sites (N-methyl/N-ethyl adjacent to an activating group) is 1. The maximum absolute atomic E-state index is 14.2. The molecule has 1 aromatic rings. The van der Waals surface area contributed by atoms with Crippen LogP contribution in [0.4, 0.5) is 5.69 Å². The van der Waals surface area contributed by atoms with Gasteiger partial charge in [0.2, 0.25) is 11.8 Å². The highest BCUT2D eigenvalue weighted by molar-refractivity contribution is 6.34. The van der Waals surface area contributed by atoms with Gasteiger partial charge >= 0.3 is 0 Å². The van der Waals surface area contributed by atoms with Crippen LogP contribution in [0, 0.1) is 11.8 Å². The van der Waals surface area contributed by atoms with Gasteiger partial charge in [-0.15, -0.1) is 0 Å². The standard InChI is InChI=1S/C25H28ClN3O5/c1-3-15(14-30)29-21-24(33)28(17-9-5-4-8-16(17)26)13-7-11-25(21)20(23(29)32)19-18(34-25)10-6-12-27(2)22(19)31/h4-11,15,18-21,30H,3,12-14H2,1-2H3/t15-,18-,19+,20-,21?,25-/m0/s1. The van der Waals surface area contributed by atoms with Crippen molar-refractivity contribution >= 4 is 35.0 Å². The number of hydrogen-bond acceptors (Lipinski definition) is 5. The molecule has 4 aliphatic heterocycles. The van der Waals surface area contributed by atoms with Gasteiger partial charge in [0.15, 0.2) is 0 Å². The second-order valence-electron chi connectivity index (χ2n) is 9.28. The van der Waals surface area contributed by atoms with Crippen LogP contribution < -0.4 is 4.90 Å². The highest BCUT2D eigenvalue weighted by atomic mass is 35.5. The molecule has 0 bridgehead atoms. The lowest BCUT2D eigenvalue weighted by Gasteiger charge is -2.38. The smallest absolute Gasteiger partial charge is 0.253 e. The van der Waals surface area contributed by atoms with Crippen LogP contribution in [0.25, 0.3) is 0 Å². The van der Waals surface area contributed by atoms with Gasteiger partial charge in [0.05, 0.1) is 41.3 Å². The number of nitrogens with zero attached hydrogens (tertiary/aromatic N) is 3. The number of hydrogen-bond donors (Lipinski definition) is 1. The van der Waals surface area contributed by atoms with E-state index in [0.717, 1.165) is 0 Å². The predicted molar refractivity (Wildman–Crippen MR) is 126 cm³/mol. The lowest BCUT2D eigenvalue weighted by molar-refractivity contribution is -0.146. The Morgan fingerprint density at radius 1 is 1.15 bits per heavy atom. The lowest BCUT2D eigenvalue weighted by Crippen LogP contribution is -2.58. The van der Waals surface area contributed by atoms with Crippen LogP contribution in [0.1, 0.15) is 13.3 Å². The Morgan fingerprint density at radius 3 is 2.62 bits per heavy atom. The highest BCUT2D eigenvalue weighted by Crippen LogP contribution is 2.54. The van der Waals surface area contributed by atoms with Gasteiger partial charge in [-0.25, -0.2) is 0 Å². The Balaban J connectivity index is 1.67. The summed E-state index contributed by atoms with van der Waals surface area (Å²) >= 11 is 6.43. The van der Waals surface area contributed by atoms with Gasteiger partial charge in [0.1, 0.15) is 11.6 Å². The van der Waals surface area contributed by atoms with E-state index in [1.165, 1.54) is 4.90 Å². The molecule has 8 nitrogen and oxygen atoms in total. The van der Waals surface area contributed by atoms with Crippen molar-refractivity contribution in [2.45, 2.75) is 37.1 Å². The molecule has 0 aliphatic carbocycles. The normalized spacial score (nSPS) is 33.5. The molecular formula is C25H28ClN3O5. The summed E-state index contributed by atoms with van der Waals surface area (Å²) in [6.45, 7) is 2.23. The molecule has 1 unspecified atom stereocenters. The van der Waals surface area contributed by atoms with Gasteiger partial charge in [-0.3, -0.25) is 14.4 Å². The van der Waals surface area contributed by atoms with Crippen molar-refractivity contribution < 1.29 is 24.2 Å². The maximum atomic E-state index is 14.2. The average Bonchev–Trinajstić information content (AvgIpc) is 3.15. The number of ether oxygens (including phenoxy) is 1. The molecule has 2 fully saturated rings. The van der Waals surface area contributed by atoms with Crippen molar-refractivity contribution in [1.29, 1.82) is 0 Å². The molecule has 5 rings (SSSR count). The number of anilines is 1. The first-order valence-electron chi connectivity index (χ1n) is 11.6. The minimum Gasteiger partial charge on any atom is -0.394 e. The third-order valence-electron chi connectivity index (χ3n) is 7.52. The molecule has 6 atom stereocenters. The van der Waals surface area contributed by atoms with E-state index < -0.39 is 35.6 Å². The number of para-hydroxylation sites is 1. The molecule has 3 amide bonds. The van der Waals surface area contributed by atoms with E-state index in [1.54, 1.807) is 47.2 Å². The summed E-state index contributed by atoms with van der Waals surface area (Å²) in [5.41, 5.74) is -0.785. The largest absolute Gasteiger partial charge is 0.394 e. The Morgan fingerprint density at radius 2 is 1.91 bits per heavy atom. The number of fused-ring (bicyclic) bond motifs is 2. The fourth-order valence-corrected chi connectivity index (χ4v) is 6.13. The number of carbonyl (C=O) groups excluding carboxylic acids is 3. The molecule has 2 saturated heterocycles. The van der Waals surface area contributed by atoms with Gasteiger partial charge in [-0.05, 0) is 18.6 Å². The number of rotatable bonds is 4. The third kappa shape index (κ3) is 3.16. The molecule has 1 spiro atoms. The number of halogens is 1. The second-order valence-corrected chi connectivity index (χ2v) is 9.69. The van der Waals surface area contributed by atoms with E-state index >= 15 is 0 Å². The quantitative estimate of drug-likeness (QED) is 0.654. The summed E-state index contributed by atoms with van der Waals surface area (Å²) in [7, 11) is 1.70. The maximum Gasteiger partial charge on any atom is 0.253 e. The van der Waals surface area contributed by atoms with Crippen LogP contribution in [0.2, 0.25) is 5.02 Å². The third-order valence-corrected chi connectivity index (χ3v) is 7.84. The minimum atomic E-state index is -1.32. The zero-order chi connectivity index (χ0) is 24.2. The summed E-state index contributed by atoms with van der Waals surface area (Å²) in [6, 6.07) is 5.43. The first kappa shape index (κ1) is 23.1. The van der Waals surface area contributed by atoms with Crippen molar-refractivity contribution in [3.8, 4) is 0 Å². The first-order valence-corrected chi connectivity index (χ1v) is 12.0. The molecule has 1 aromatic carbocycles. The molecule has 4 aliphatic rings. The lowest BCUT2D eigenvalue weighted by atomic mass is 9.77. The van der Waals surface area contributed by atoms with Crippen molar-refractivity contribution in [1.82, 2.24) is 9.80 Å². The monoisotopic (exact) mass is 485 g/mol. The van der Waals surface area contributed by atoms with Gasteiger partial charge in [0.25, 0.3) is 5.91 Å². The van der Waals surface area contributed by atoms with Crippen molar-refractivity contribution in [3.05, 3.63) is 53.6 Å². The molecule has 0 aromatic heterocycles. The SMILES string of the molecule is CC[C@@H](CO)N1C(=O)[C@@H]2[C@@H]3C(=O)N(C)CC=C[C@@H]3O[C@@]23C=CCN(c2ccccc2Cl)C(=O)C13. The van der Waals surface area contributed by atoms with E-state index in [-0.39, 0.29) is 30.9 Å². The number of aliphatic hydroxyl groups excluding tert-OH is 1. The molecule has 4 heterocycles. The first-order chi connectivity index (χ1) is 16.4. The fourth-order valence-electron chi connectivity index (χ4n) is 5.90. The minimum absolute atomic E-state index is 0.184. The topological polar surface area (TPSA) is 90.4 Å². The van der Waals surface area contributed by atoms with Crippen molar-refractivity contribution in [2.75, 3.05) is 31.6 Å². The number of likely N-dealkylation sites (tertiary alicyclic amines) is 1. The Hall–Kier alpha value is -2.68. The van der Waals surface area contributed by atoms with Crippen LogP contribution >= 0.6 is 11.6 Å². The van der Waals surface area contributed by atoms with Crippen molar-refractivity contribution in [2.24, 2.45) is 11.8 Å². The summed E-state index contributed by atoms with van der Waals surface area (Å²) < 4.78 is 6.54. The summed E-state index contributed by atoms with van der Waals surface area (Å²) in [6.07, 6.45) is 7.12. The molecule has 9 heteroatoms. The zero-order valence-corrected chi connectivity index (χ0v) is 19.9. The van der Waals surface area contributed by atoms with Crippen LogP contribution in [-0.2, 0) is 19.1 Å². The number of aliphatic hydroxyl groups is 1. The fraction of sp³-hybridized carbons (Fsp3) is 0.480. The Bertz CT molecular complexity index is 1090. The summed E-state index contributed by atoms with van der Waals surface area (Å²) in [5.74, 6) is -2.48. The predicted octanol–water partition coefficient (Wildman–Crippen LogP) is 1.62. The number of amides is 3. The summed E-state index contributed by atoms with van der Waals surface area (Å²) in [5, 5.41) is 10.5.